The van der Waals surface area contributed by atoms with E-state index in [1.807, 2.05) is 30.3 Å². The van der Waals surface area contributed by atoms with Crippen LogP contribution in [-0.2, 0) is 17.6 Å². The van der Waals surface area contributed by atoms with Gasteiger partial charge in [-0.25, -0.2) is 0 Å². The van der Waals surface area contributed by atoms with Crippen molar-refractivity contribution in [3.05, 3.63) is 59.7 Å². The zero-order valence-electron chi connectivity index (χ0n) is 11.5. The third kappa shape index (κ3) is 3.85. The van der Waals surface area contributed by atoms with Gasteiger partial charge in [-0.1, -0.05) is 43.7 Å². The number of rotatable bonds is 5. The number of para-hydroxylation sites is 1. The van der Waals surface area contributed by atoms with Gasteiger partial charge in [0, 0.05) is 5.56 Å². The van der Waals surface area contributed by atoms with Gasteiger partial charge in [0.15, 0.2) is 0 Å². The fraction of sp³-hybridized carbons (Fsp3) is 0.235. The Kier molecular flexibility index (Phi) is 4.77. The number of aryl methyl sites for hydroxylation is 1. The molecule has 2 aromatic carbocycles. The predicted octanol–water partition coefficient (Wildman–Crippen LogP) is 3.49. The first-order valence-corrected chi connectivity index (χ1v) is 6.75. The monoisotopic (exact) mass is 270 g/mol. The van der Waals surface area contributed by atoms with Gasteiger partial charge in [0.2, 0.25) is 0 Å². The molecule has 0 spiro atoms. The molecule has 0 saturated heterocycles. The Morgan fingerprint density at radius 1 is 1.15 bits per heavy atom. The molecule has 0 radical (unpaired) electrons. The number of phenolic OH excluding ortho intramolecular Hbond substituents is 1. The van der Waals surface area contributed by atoms with Crippen molar-refractivity contribution < 1.29 is 14.6 Å². The molecule has 0 heterocycles. The zero-order chi connectivity index (χ0) is 14.4. The summed E-state index contributed by atoms with van der Waals surface area (Å²) in [7, 11) is 0. The van der Waals surface area contributed by atoms with E-state index in [9.17, 15) is 9.90 Å². The van der Waals surface area contributed by atoms with E-state index in [2.05, 4.69) is 6.92 Å². The van der Waals surface area contributed by atoms with E-state index in [1.54, 1.807) is 18.2 Å². The van der Waals surface area contributed by atoms with Crippen molar-refractivity contribution in [2.45, 2.75) is 26.2 Å². The second kappa shape index (κ2) is 6.75. The molecule has 3 nitrogen and oxygen atoms in total. The highest BCUT2D eigenvalue weighted by molar-refractivity contribution is 5.76. The number of benzene rings is 2. The molecule has 3 heteroatoms. The first kappa shape index (κ1) is 14.1. The SMILES string of the molecule is CCCc1ccc(O)c(CC(=O)Oc2ccccc2)c1. The lowest BCUT2D eigenvalue weighted by molar-refractivity contribution is -0.133. The number of hydrogen-bond donors (Lipinski definition) is 1. The maximum atomic E-state index is 11.9. The molecule has 104 valence electrons. The summed E-state index contributed by atoms with van der Waals surface area (Å²) in [4.78, 5) is 11.9. The summed E-state index contributed by atoms with van der Waals surface area (Å²) in [6.07, 6.45) is 2.03. The summed E-state index contributed by atoms with van der Waals surface area (Å²) < 4.78 is 5.22. The number of carbonyl (C=O) groups excluding carboxylic acids is 1. The standard InChI is InChI=1S/C17H18O3/c1-2-6-13-9-10-16(18)14(11-13)12-17(19)20-15-7-4-3-5-8-15/h3-5,7-11,18H,2,6,12H2,1H3. The predicted molar refractivity (Wildman–Crippen MR) is 77.9 cm³/mol. The lowest BCUT2D eigenvalue weighted by Gasteiger charge is -2.08. The second-order valence-electron chi connectivity index (χ2n) is 4.68. The zero-order valence-corrected chi connectivity index (χ0v) is 11.5. The fourth-order valence-corrected chi connectivity index (χ4v) is 2.04. The Labute approximate surface area is 118 Å². The van der Waals surface area contributed by atoms with Crippen LogP contribution in [-0.4, -0.2) is 11.1 Å². The number of esters is 1. The fourth-order valence-electron chi connectivity index (χ4n) is 2.04. The Balaban J connectivity index is 2.05. The molecular formula is C17H18O3. The van der Waals surface area contributed by atoms with Crippen molar-refractivity contribution in [1.82, 2.24) is 0 Å². The molecule has 0 saturated carbocycles. The topological polar surface area (TPSA) is 46.5 Å². The molecule has 1 N–H and O–H groups in total. The van der Waals surface area contributed by atoms with E-state index < -0.39 is 0 Å². The minimum absolute atomic E-state index is 0.0677. The van der Waals surface area contributed by atoms with Crippen molar-refractivity contribution in [1.29, 1.82) is 0 Å². The van der Waals surface area contributed by atoms with Crippen LogP contribution in [0, 0.1) is 0 Å². The summed E-state index contributed by atoms with van der Waals surface area (Å²) in [5.41, 5.74) is 1.73. The molecule has 0 aliphatic heterocycles. The molecule has 0 bridgehead atoms. The lowest BCUT2D eigenvalue weighted by Crippen LogP contribution is -2.11. The normalized spacial score (nSPS) is 10.2. The van der Waals surface area contributed by atoms with Crippen LogP contribution in [0.3, 0.4) is 0 Å². The first-order chi connectivity index (χ1) is 9.69. The second-order valence-corrected chi connectivity index (χ2v) is 4.68. The quantitative estimate of drug-likeness (QED) is 0.668. The summed E-state index contributed by atoms with van der Waals surface area (Å²) in [6.45, 7) is 2.09. The summed E-state index contributed by atoms with van der Waals surface area (Å²) in [5, 5.41) is 9.81. The van der Waals surface area contributed by atoms with E-state index in [0.717, 1.165) is 18.4 Å². The smallest absolute Gasteiger partial charge is 0.315 e. The highest BCUT2D eigenvalue weighted by Crippen LogP contribution is 2.21. The van der Waals surface area contributed by atoms with Crippen LogP contribution in [0.5, 0.6) is 11.5 Å². The van der Waals surface area contributed by atoms with Crippen molar-refractivity contribution in [3.8, 4) is 11.5 Å². The number of hydrogen-bond acceptors (Lipinski definition) is 3. The molecular weight excluding hydrogens is 252 g/mol. The molecule has 0 aromatic heterocycles. The van der Waals surface area contributed by atoms with Crippen LogP contribution in [0.4, 0.5) is 0 Å². The summed E-state index contributed by atoms with van der Waals surface area (Å²) >= 11 is 0. The van der Waals surface area contributed by atoms with Gasteiger partial charge in [-0.3, -0.25) is 4.79 Å². The highest BCUT2D eigenvalue weighted by Gasteiger charge is 2.10. The van der Waals surface area contributed by atoms with E-state index in [0.29, 0.717) is 11.3 Å². The summed E-state index contributed by atoms with van der Waals surface area (Å²) in [6, 6.07) is 14.3. The van der Waals surface area contributed by atoms with Crippen molar-refractivity contribution in [2.75, 3.05) is 0 Å². The minimum Gasteiger partial charge on any atom is -0.508 e. The van der Waals surface area contributed by atoms with E-state index in [-0.39, 0.29) is 18.1 Å². The van der Waals surface area contributed by atoms with Gasteiger partial charge in [0.05, 0.1) is 6.42 Å². The van der Waals surface area contributed by atoms with Crippen LogP contribution >= 0.6 is 0 Å². The molecule has 20 heavy (non-hydrogen) atoms. The first-order valence-electron chi connectivity index (χ1n) is 6.75. The average molecular weight is 270 g/mol. The molecule has 0 amide bonds. The van der Waals surface area contributed by atoms with Crippen LogP contribution in [0.15, 0.2) is 48.5 Å². The Morgan fingerprint density at radius 2 is 1.90 bits per heavy atom. The summed E-state index contributed by atoms with van der Waals surface area (Å²) in [5.74, 6) is 0.275. The van der Waals surface area contributed by atoms with Crippen molar-refractivity contribution in [2.24, 2.45) is 0 Å². The molecule has 0 aliphatic rings. The Morgan fingerprint density at radius 3 is 2.60 bits per heavy atom. The van der Waals surface area contributed by atoms with Gasteiger partial charge >= 0.3 is 5.97 Å². The van der Waals surface area contributed by atoms with Gasteiger partial charge in [0.1, 0.15) is 11.5 Å². The number of phenols is 1. The van der Waals surface area contributed by atoms with Gasteiger partial charge in [0.25, 0.3) is 0 Å². The molecule has 0 fully saturated rings. The molecule has 2 aromatic rings. The molecule has 0 atom stereocenters. The molecule has 0 unspecified atom stereocenters. The van der Waals surface area contributed by atoms with Gasteiger partial charge in [-0.2, -0.15) is 0 Å². The van der Waals surface area contributed by atoms with Gasteiger partial charge in [-0.15, -0.1) is 0 Å². The van der Waals surface area contributed by atoms with E-state index in [4.69, 9.17) is 4.74 Å². The maximum absolute atomic E-state index is 11.9. The third-order valence-electron chi connectivity index (χ3n) is 2.99. The van der Waals surface area contributed by atoms with Crippen LogP contribution in [0.1, 0.15) is 24.5 Å². The number of carbonyl (C=O) groups is 1. The number of aromatic hydroxyl groups is 1. The minimum atomic E-state index is -0.375. The van der Waals surface area contributed by atoms with Crippen LogP contribution in [0.2, 0.25) is 0 Å². The number of ether oxygens (including phenoxy) is 1. The Bertz CT molecular complexity index is 576. The van der Waals surface area contributed by atoms with E-state index >= 15 is 0 Å². The average Bonchev–Trinajstić information content (AvgIpc) is 2.44. The van der Waals surface area contributed by atoms with Gasteiger partial charge < -0.3 is 9.84 Å². The largest absolute Gasteiger partial charge is 0.508 e. The molecule has 0 aliphatic carbocycles. The van der Waals surface area contributed by atoms with Crippen molar-refractivity contribution in [3.63, 3.8) is 0 Å². The maximum Gasteiger partial charge on any atom is 0.315 e. The Hall–Kier alpha value is -2.29. The van der Waals surface area contributed by atoms with E-state index in [1.165, 1.54) is 0 Å². The van der Waals surface area contributed by atoms with Crippen molar-refractivity contribution >= 4 is 5.97 Å². The molecule has 2 rings (SSSR count). The lowest BCUT2D eigenvalue weighted by atomic mass is 10.0. The third-order valence-corrected chi connectivity index (χ3v) is 2.99. The van der Waals surface area contributed by atoms with Crippen LogP contribution in [0.25, 0.3) is 0 Å². The highest BCUT2D eigenvalue weighted by atomic mass is 16.5. The van der Waals surface area contributed by atoms with Crippen LogP contribution < -0.4 is 4.74 Å². The van der Waals surface area contributed by atoms with Gasteiger partial charge in [-0.05, 0) is 30.2 Å².